The van der Waals surface area contributed by atoms with E-state index in [1.807, 2.05) is 26.0 Å². The number of benzene rings is 2. The van der Waals surface area contributed by atoms with Gasteiger partial charge in [-0.2, -0.15) is 0 Å². The second-order valence-corrected chi connectivity index (χ2v) is 6.00. The summed E-state index contributed by atoms with van der Waals surface area (Å²) in [5.74, 6) is 0.364. The Bertz CT molecular complexity index is 746. The predicted molar refractivity (Wildman–Crippen MR) is 88.7 cm³/mol. The highest BCUT2D eigenvalue weighted by atomic mass is 16.5. The molecule has 118 valence electrons. The molecule has 1 amide bonds. The molecule has 0 saturated heterocycles. The third kappa shape index (κ3) is 3.77. The molecule has 1 aliphatic rings. The molecule has 0 unspecified atom stereocenters. The van der Waals surface area contributed by atoms with E-state index in [2.05, 4.69) is 5.32 Å². The van der Waals surface area contributed by atoms with Gasteiger partial charge in [0.2, 0.25) is 5.91 Å². The molecule has 2 aromatic carbocycles. The maximum atomic E-state index is 12.2. The molecular formula is C19H19NO3. The number of carbonyl (C=O) groups excluding carboxylic acids is 2. The summed E-state index contributed by atoms with van der Waals surface area (Å²) in [4.78, 5) is 23.9. The molecule has 1 N–H and O–H groups in total. The smallest absolute Gasteiger partial charge is 0.343 e. The van der Waals surface area contributed by atoms with Crippen LogP contribution in [0.15, 0.2) is 42.5 Å². The average Bonchev–Trinajstić information content (AvgIpc) is 3.35. The number of hydrogen-bond donors (Lipinski definition) is 1. The van der Waals surface area contributed by atoms with Crippen LogP contribution in [0.3, 0.4) is 0 Å². The van der Waals surface area contributed by atoms with Gasteiger partial charge in [0.05, 0.1) is 5.56 Å². The van der Waals surface area contributed by atoms with Crippen molar-refractivity contribution in [3.05, 3.63) is 59.2 Å². The summed E-state index contributed by atoms with van der Waals surface area (Å²) in [6.45, 7) is 3.90. The van der Waals surface area contributed by atoms with Crippen molar-refractivity contribution in [2.45, 2.75) is 26.7 Å². The second kappa shape index (κ2) is 6.24. The van der Waals surface area contributed by atoms with Gasteiger partial charge in [-0.1, -0.05) is 17.7 Å². The first kappa shape index (κ1) is 15.3. The SMILES string of the molecule is Cc1ccc(OC(=O)c2ccc(NC(=O)C3CC3)cc2)c(C)c1. The summed E-state index contributed by atoms with van der Waals surface area (Å²) in [7, 11) is 0. The Morgan fingerprint density at radius 3 is 2.35 bits per heavy atom. The van der Waals surface area contributed by atoms with Gasteiger partial charge in [-0.05, 0) is 62.6 Å². The lowest BCUT2D eigenvalue weighted by Gasteiger charge is -2.09. The van der Waals surface area contributed by atoms with E-state index in [4.69, 9.17) is 4.74 Å². The fourth-order valence-corrected chi connectivity index (χ4v) is 2.35. The van der Waals surface area contributed by atoms with E-state index >= 15 is 0 Å². The van der Waals surface area contributed by atoms with Crippen molar-refractivity contribution in [3.8, 4) is 5.75 Å². The molecule has 0 radical (unpaired) electrons. The van der Waals surface area contributed by atoms with Crippen molar-refractivity contribution in [1.29, 1.82) is 0 Å². The third-order valence-corrected chi connectivity index (χ3v) is 3.87. The number of hydrogen-bond acceptors (Lipinski definition) is 3. The normalized spacial score (nSPS) is 13.5. The number of anilines is 1. The first-order chi connectivity index (χ1) is 11.0. The topological polar surface area (TPSA) is 55.4 Å². The van der Waals surface area contributed by atoms with Gasteiger partial charge >= 0.3 is 5.97 Å². The average molecular weight is 309 g/mol. The number of nitrogens with one attached hydrogen (secondary N) is 1. The number of ether oxygens (including phenoxy) is 1. The highest BCUT2D eigenvalue weighted by Crippen LogP contribution is 2.30. The monoisotopic (exact) mass is 309 g/mol. The molecule has 0 atom stereocenters. The van der Waals surface area contributed by atoms with Gasteiger partial charge in [-0.25, -0.2) is 4.79 Å². The Morgan fingerprint density at radius 2 is 1.74 bits per heavy atom. The van der Waals surface area contributed by atoms with Gasteiger partial charge in [0.1, 0.15) is 5.75 Å². The van der Waals surface area contributed by atoms with Gasteiger partial charge < -0.3 is 10.1 Å². The molecule has 0 spiro atoms. The van der Waals surface area contributed by atoms with Gasteiger partial charge in [0, 0.05) is 11.6 Å². The van der Waals surface area contributed by atoms with Crippen molar-refractivity contribution in [2.24, 2.45) is 5.92 Å². The number of esters is 1. The van der Waals surface area contributed by atoms with Crippen molar-refractivity contribution in [1.82, 2.24) is 0 Å². The Balaban J connectivity index is 1.66. The predicted octanol–water partition coefficient (Wildman–Crippen LogP) is 3.87. The van der Waals surface area contributed by atoms with Gasteiger partial charge in [0.15, 0.2) is 0 Å². The number of rotatable bonds is 4. The van der Waals surface area contributed by atoms with E-state index in [0.29, 0.717) is 17.0 Å². The molecule has 1 fully saturated rings. The Hall–Kier alpha value is -2.62. The van der Waals surface area contributed by atoms with Crippen LogP contribution in [0.5, 0.6) is 5.75 Å². The van der Waals surface area contributed by atoms with Crippen molar-refractivity contribution < 1.29 is 14.3 Å². The van der Waals surface area contributed by atoms with Crippen LogP contribution in [0.25, 0.3) is 0 Å². The maximum Gasteiger partial charge on any atom is 0.343 e. The largest absolute Gasteiger partial charge is 0.423 e. The molecule has 1 saturated carbocycles. The van der Waals surface area contributed by atoms with E-state index in [1.165, 1.54) is 0 Å². The number of carbonyl (C=O) groups is 2. The maximum absolute atomic E-state index is 12.2. The zero-order chi connectivity index (χ0) is 16.4. The summed E-state index contributed by atoms with van der Waals surface area (Å²) in [5, 5.41) is 2.84. The first-order valence-corrected chi connectivity index (χ1v) is 7.73. The third-order valence-electron chi connectivity index (χ3n) is 3.87. The van der Waals surface area contributed by atoms with Crippen LogP contribution < -0.4 is 10.1 Å². The van der Waals surface area contributed by atoms with Crippen LogP contribution in [-0.2, 0) is 4.79 Å². The van der Waals surface area contributed by atoms with Gasteiger partial charge in [0.25, 0.3) is 0 Å². The first-order valence-electron chi connectivity index (χ1n) is 7.73. The van der Waals surface area contributed by atoms with Crippen molar-refractivity contribution in [2.75, 3.05) is 5.32 Å². The molecule has 0 aliphatic heterocycles. The Morgan fingerprint density at radius 1 is 1.04 bits per heavy atom. The van der Waals surface area contributed by atoms with Crippen molar-refractivity contribution in [3.63, 3.8) is 0 Å². The highest BCUT2D eigenvalue weighted by molar-refractivity contribution is 5.95. The minimum atomic E-state index is -0.406. The van der Waals surface area contributed by atoms with Crippen molar-refractivity contribution >= 4 is 17.6 Å². The summed E-state index contributed by atoms with van der Waals surface area (Å²) >= 11 is 0. The van der Waals surface area contributed by atoms with Crippen LogP contribution in [0.2, 0.25) is 0 Å². The van der Waals surface area contributed by atoms with Crippen LogP contribution in [-0.4, -0.2) is 11.9 Å². The van der Waals surface area contributed by atoms with Crippen LogP contribution in [0.4, 0.5) is 5.69 Å². The zero-order valence-electron chi connectivity index (χ0n) is 13.3. The molecule has 4 heteroatoms. The lowest BCUT2D eigenvalue weighted by Crippen LogP contribution is -2.14. The molecule has 23 heavy (non-hydrogen) atoms. The van der Waals surface area contributed by atoms with Gasteiger partial charge in [-0.15, -0.1) is 0 Å². The highest BCUT2D eigenvalue weighted by Gasteiger charge is 2.29. The molecule has 4 nitrogen and oxygen atoms in total. The fourth-order valence-electron chi connectivity index (χ4n) is 2.35. The number of amides is 1. The molecule has 1 aliphatic carbocycles. The standard InChI is InChI=1S/C19H19NO3/c1-12-3-10-17(13(2)11-12)23-19(22)15-6-8-16(9-7-15)20-18(21)14-4-5-14/h3,6-11,14H,4-5H2,1-2H3,(H,20,21). The van der Waals surface area contributed by atoms with Gasteiger partial charge in [-0.3, -0.25) is 4.79 Å². The Labute approximate surface area is 135 Å². The van der Waals surface area contributed by atoms with E-state index < -0.39 is 5.97 Å². The molecule has 0 bridgehead atoms. The molecule has 0 aromatic heterocycles. The summed E-state index contributed by atoms with van der Waals surface area (Å²) in [6, 6.07) is 12.4. The summed E-state index contributed by atoms with van der Waals surface area (Å²) < 4.78 is 5.43. The molecule has 0 heterocycles. The Kier molecular flexibility index (Phi) is 4.15. The van der Waals surface area contributed by atoms with Crippen LogP contribution in [0.1, 0.15) is 34.3 Å². The lowest BCUT2D eigenvalue weighted by atomic mass is 10.1. The van der Waals surface area contributed by atoms with E-state index in [1.54, 1.807) is 30.3 Å². The summed E-state index contributed by atoms with van der Waals surface area (Å²) in [6.07, 6.45) is 1.93. The lowest BCUT2D eigenvalue weighted by molar-refractivity contribution is -0.117. The fraction of sp³-hybridized carbons (Fsp3) is 0.263. The molecule has 3 rings (SSSR count). The van der Waals surface area contributed by atoms with E-state index in [9.17, 15) is 9.59 Å². The second-order valence-electron chi connectivity index (χ2n) is 6.00. The summed E-state index contributed by atoms with van der Waals surface area (Å²) in [5.41, 5.74) is 3.20. The zero-order valence-corrected chi connectivity index (χ0v) is 13.3. The van der Waals surface area contributed by atoms with E-state index in [0.717, 1.165) is 24.0 Å². The quantitative estimate of drug-likeness (QED) is 0.689. The van der Waals surface area contributed by atoms with Crippen LogP contribution >= 0.6 is 0 Å². The minimum Gasteiger partial charge on any atom is -0.423 e. The number of aryl methyl sites for hydroxylation is 2. The van der Waals surface area contributed by atoms with E-state index in [-0.39, 0.29) is 11.8 Å². The molecule has 2 aromatic rings. The minimum absolute atomic E-state index is 0.0515. The molecular weight excluding hydrogens is 290 g/mol. The van der Waals surface area contributed by atoms with Crippen LogP contribution in [0, 0.1) is 19.8 Å².